The molecule has 0 aliphatic heterocycles. The van der Waals surface area contributed by atoms with E-state index in [0.29, 0.717) is 23.0 Å². The van der Waals surface area contributed by atoms with Crippen LogP contribution in [0.25, 0.3) is 0 Å². The summed E-state index contributed by atoms with van der Waals surface area (Å²) in [5.41, 5.74) is 1.38. The molecule has 1 aromatic rings. The molecule has 0 aromatic carbocycles. The van der Waals surface area contributed by atoms with Crippen LogP contribution in [0.1, 0.15) is 49.9 Å². The fourth-order valence-corrected chi connectivity index (χ4v) is 2.89. The summed E-state index contributed by atoms with van der Waals surface area (Å²) in [5, 5.41) is 3.60. The highest BCUT2D eigenvalue weighted by Crippen LogP contribution is 2.29. The van der Waals surface area contributed by atoms with Crippen molar-refractivity contribution in [2.24, 2.45) is 5.41 Å². The smallest absolute Gasteiger partial charge is 0.264 e. The van der Waals surface area contributed by atoms with Crippen molar-refractivity contribution in [2.75, 3.05) is 18.4 Å². The van der Waals surface area contributed by atoms with Crippen molar-refractivity contribution >= 4 is 28.2 Å². The molecule has 1 heterocycles. The summed E-state index contributed by atoms with van der Waals surface area (Å²) in [5.74, 6) is -0.0636. The van der Waals surface area contributed by atoms with Crippen LogP contribution in [0.2, 0.25) is 0 Å². The second kappa shape index (κ2) is 7.09. The molecule has 22 heavy (non-hydrogen) atoms. The zero-order valence-corrected chi connectivity index (χ0v) is 15.2. The molecule has 1 rings (SSSR count). The first-order chi connectivity index (χ1) is 10.1. The number of anilines is 1. The maximum atomic E-state index is 12.6. The summed E-state index contributed by atoms with van der Waals surface area (Å²) in [6.45, 7) is 16.4. The van der Waals surface area contributed by atoms with Gasteiger partial charge in [-0.2, -0.15) is 0 Å². The molecule has 0 spiro atoms. The number of hydrogen-bond acceptors (Lipinski definition) is 3. The molecule has 122 valence electrons. The van der Waals surface area contributed by atoms with Gasteiger partial charge in [0.2, 0.25) is 5.91 Å². The first kappa shape index (κ1) is 18.4. The molecule has 2 amide bonds. The van der Waals surface area contributed by atoms with E-state index >= 15 is 0 Å². The molecule has 0 atom stereocenters. The van der Waals surface area contributed by atoms with Gasteiger partial charge in [-0.3, -0.25) is 9.59 Å². The molecule has 0 bridgehead atoms. The Kier molecular flexibility index (Phi) is 5.94. The van der Waals surface area contributed by atoms with Crippen LogP contribution in [0.5, 0.6) is 0 Å². The topological polar surface area (TPSA) is 49.4 Å². The number of amides is 2. The van der Waals surface area contributed by atoms with Gasteiger partial charge in [-0.05, 0) is 32.4 Å². The summed E-state index contributed by atoms with van der Waals surface area (Å²) in [4.78, 5) is 27.1. The van der Waals surface area contributed by atoms with E-state index in [9.17, 15) is 9.59 Å². The average Bonchev–Trinajstić information content (AvgIpc) is 2.74. The van der Waals surface area contributed by atoms with Gasteiger partial charge in [-0.15, -0.1) is 11.3 Å². The summed E-state index contributed by atoms with van der Waals surface area (Å²) in [6.07, 6.45) is 0. The van der Waals surface area contributed by atoms with Crippen LogP contribution in [0.15, 0.2) is 18.2 Å². The maximum absolute atomic E-state index is 12.6. The Morgan fingerprint density at radius 1 is 1.36 bits per heavy atom. The second-order valence-electron chi connectivity index (χ2n) is 6.60. The Bertz CT molecular complexity index is 582. The predicted molar refractivity (Wildman–Crippen MR) is 93.5 cm³/mol. The van der Waals surface area contributed by atoms with Crippen LogP contribution in [0.4, 0.5) is 5.00 Å². The Labute approximate surface area is 137 Å². The number of carbonyl (C=O) groups is 2. The van der Waals surface area contributed by atoms with Gasteiger partial charge >= 0.3 is 0 Å². The number of likely N-dealkylation sites (N-methyl/N-ethyl adjacent to an activating group) is 1. The lowest BCUT2D eigenvalue weighted by Crippen LogP contribution is -2.32. The molecule has 0 saturated carbocycles. The van der Waals surface area contributed by atoms with E-state index in [0.717, 1.165) is 11.1 Å². The number of aryl methyl sites for hydroxylation is 1. The number of nitrogens with zero attached hydrogens (tertiary/aromatic N) is 1. The molecule has 0 radical (unpaired) electrons. The monoisotopic (exact) mass is 322 g/mol. The van der Waals surface area contributed by atoms with E-state index in [1.165, 1.54) is 11.3 Å². The highest BCUT2D eigenvalue weighted by molar-refractivity contribution is 7.18. The van der Waals surface area contributed by atoms with Gasteiger partial charge in [0, 0.05) is 18.5 Å². The van der Waals surface area contributed by atoms with Crippen LogP contribution < -0.4 is 5.32 Å². The fraction of sp³-hybridized carbons (Fsp3) is 0.529. The van der Waals surface area contributed by atoms with Crippen molar-refractivity contribution in [1.82, 2.24) is 4.90 Å². The second-order valence-corrected chi connectivity index (χ2v) is 7.66. The first-order valence-electron chi connectivity index (χ1n) is 7.41. The van der Waals surface area contributed by atoms with Gasteiger partial charge < -0.3 is 10.2 Å². The Morgan fingerprint density at radius 2 is 1.95 bits per heavy atom. The molecular formula is C17H26N2O2S. The van der Waals surface area contributed by atoms with Crippen LogP contribution in [0.3, 0.4) is 0 Å². The molecule has 0 fully saturated rings. The van der Waals surface area contributed by atoms with Crippen molar-refractivity contribution < 1.29 is 9.59 Å². The van der Waals surface area contributed by atoms with E-state index in [4.69, 9.17) is 0 Å². The van der Waals surface area contributed by atoms with Crippen molar-refractivity contribution in [3.8, 4) is 0 Å². The summed E-state index contributed by atoms with van der Waals surface area (Å²) < 4.78 is 0. The Morgan fingerprint density at radius 3 is 2.41 bits per heavy atom. The van der Waals surface area contributed by atoms with Gasteiger partial charge in [-0.1, -0.05) is 32.9 Å². The van der Waals surface area contributed by atoms with Crippen LogP contribution >= 0.6 is 11.3 Å². The van der Waals surface area contributed by atoms with Gasteiger partial charge in [0.05, 0.1) is 9.88 Å². The molecule has 5 heteroatoms. The van der Waals surface area contributed by atoms with Crippen LogP contribution in [-0.4, -0.2) is 29.8 Å². The van der Waals surface area contributed by atoms with E-state index in [1.54, 1.807) is 4.90 Å². The minimum Gasteiger partial charge on any atom is -0.334 e. The van der Waals surface area contributed by atoms with Gasteiger partial charge in [0.25, 0.3) is 5.91 Å². The zero-order chi connectivity index (χ0) is 17.1. The third kappa shape index (κ3) is 4.70. The van der Waals surface area contributed by atoms with Gasteiger partial charge in [-0.25, -0.2) is 0 Å². The van der Waals surface area contributed by atoms with Gasteiger partial charge in [0.1, 0.15) is 0 Å². The van der Waals surface area contributed by atoms with Crippen LogP contribution in [-0.2, 0) is 4.79 Å². The fourth-order valence-electron chi connectivity index (χ4n) is 1.85. The van der Waals surface area contributed by atoms with Crippen molar-refractivity contribution in [2.45, 2.75) is 41.5 Å². The standard InChI is InChI=1S/C17H26N2O2S/c1-8-19(10-11(2)3)15(20)14-12(4)9-13(22-14)18-16(21)17(5,6)7/h9H,2,8,10H2,1,3-7H3,(H,18,21). The molecular weight excluding hydrogens is 296 g/mol. The van der Waals surface area contributed by atoms with Crippen molar-refractivity contribution in [3.05, 3.63) is 28.7 Å². The summed E-state index contributed by atoms with van der Waals surface area (Å²) in [7, 11) is 0. The van der Waals surface area contributed by atoms with E-state index in [2.05, 4.69) is 11.9 Å². The summed E-state index contributed by atoms with van der Waals surface area (Å²) in [6, 6.07) is 1.86. The van der Waals surface area contributed by atoms with E-state index in [1.807, 2.05) is 47.6 Å². The molecule has 0 saturated heterocycles. The quantitative estimate of drug-likeness (QED) is 0.830. The van der Waals surface area contributed by atoms with Gasteiger partial charge in [0.15, 0.2) is 0 Å². The van der Waals surface area contributed by atoms with Crippen molar-refractivity contribution in [3.63, 3.8) is 0 Å². The number of rotatable bonds is 5. The first-order valence-corrected chi connectivity index (χ1v) is 8.23. The third-order valence-electron chi connectivity index (χ3n) is 3.16. The highest BCUT2D eigenvalue weighted by Gasteiger charge is 2.24. The number of thiophene rings is 1. The lowest BCUT2D eigenvalue weighted by Gasteiger charge is -2.20. The molecule has 0 unspecified atom stereocenters. The number of carbonyl (C=O) groups excluding carboxylic acids is 2. The SMILES string of the molecule is C=C(C)CN(CC)C(=O)c1sc(NC(=O)C(C)(C)C)cc1C. The molecule has 4 nitrogen and oxygen atoms in total. The number of nitrogens with one attached hydrogen (secondary N) is 1. The Balaban J connectivity index is 2.96. The average molecular weight is 322 g/mol. The highest BCUT2D eigenvalue weighted by atomic mass is 32.1. The molecule has 1 N–H and O–H groups in total. The third-order valence-corrected chi connectivity index (χ3v) is 4.30. The molecule has 1 aromatic heterocycles. The zero-order valence-electron chi connectivity index (χ0n) is 14.4. The van der Waals surface area contributed by atoms with E-state index < -0.39 is 5.41 Å². The lowest BCUT2D eigenvalue weighted by atomic mass is 9.96. The normalized spacial score (nSPS) is 11.2. The molecule has 0 aliphatic carbocycles. The Hall–Kier alpha value is -1.62. The van der Waals surface area contributed by atoms with Crippen LogP contribution in [0, 0.1) is 12.3 Å². The van der Waals surface area contributed by atoms with Crippen molar-refractivity contribution in [1.29, 1.82) is 0 Å². The molecule has 0 aliphatic rings. The maximum Gasteiger partial charge on any atom is 0.264 e. The minimum absolute atomic E-state index is 0.00995. The minimum atomic E-state index is -0.461. The predicted octanol–water partition coefficient (Wildman–Crippen LogP) is 4.08. The lowest BCUT2D eigenvalue weighted by molar-refractivity contribution is -0.123. The van der Waals surface area contributed by atoms with E-state index in [-0.39, 0.29) is 11.8 Å². The summed E-state index contributed by atoms with van der Waals surface area (Å²) >= 11 is 1.33. The largest absolute Gasteiger partial charge is 0.334 e. The number of hydrogen-bond donors (Lipinski definition) is 1.